The van der Waals surface area contributed by atoms with Gasteiger partial charge in [-0.05, 0) is 42.8 Å². The van der Waals surface area contributed by atoms with Crippen molar-refractivity contribution < 1.29 is 13.2 Å². The number of benzene rings is 1. The molecule has 7 heteroatoms. The van der Waals surface area contributed by atoms with Gasteiger partial charge in [-0.15, -0.1) is 0 Å². The highest BCUT2D eigenvalue weighted by atomic mass is 32.2. The van der Waals surface area contributed by atoms with Crippen molar-refractivity contribution in [2.45, 2.75) is 24.3 Å². The minimum atomic E-state index is -3.70. The SMILES string of the molecule is NS(=O)(=O)c1ccc(NC(=O)CCCn2cccc2)cc1. The first kappa shape index (κ1) is 15.3. The average molecular weight is 307 g/mol. The van der Waals surface area contributed by atoms with Crippen molar-refractivity contribution >= 4 is 21.6 Å². The van der Waals surface area contributed by atoms with E-state index < -0.39 is 10.0 Å². The van der Waals surface area contributed by atoms with Crippen molar-refractivity contribution in [3.05, 3.63) is 48.8 Å². The number of primary sulfonamides is 1. The van der Waals surface area contributed by atoms with Gasteiger partial charge in [-0.3, -0.25) is 4.79 Å². The highest BCUT2D eigenvalue weighted by Gasteiger charge is 2.08. The second-order valence-electron chi connectivity index (χ2n) is 4.64. The molecule has 6 nitrogen and oxygen atoms in total. The first-order valence-electron chi connectivity index (χ1n) is 6.48. The molecule has 0 radical (unpaired) electrons. The highest BCUT2D eigenvalue weighted by Crippen LogP contribution is 2.13. The Labute approximate surface area is 123 Å². The second kappa shape index (κ2) is 6.55. The largest absolute Gasteiger partial charge is 0.354 e. The first-order chi connectivity index (χ1) is 9.95. The van der Waals surface area contributed by atoms with Gasteiger partial charge >= 0.3 is 0 Å². The number of amides is 1. The van der Waals surface area contributed by atoms with Crippen LogP contribution in [0.15, 0.2) is 53.7 Å². The summed E-state index contributed by atoms with van der Waals surface area (Å²) in [6.07, 6.45) is 5.03. The van der Waals surface area contributed by atoms with Gasteiger partial charge < -0.3 is 9.88 Å². The number of rotatable bonds is 6. The summed E-state index contributed by atoms with van der Waals surface area (Å²) in [5.74, 6) is -0.106. The van der Waals surface area contributed by atoms with E-state index in [2.05, 4.69) is 5.32 Å². The maximum absolute atomic E-state index is 11.8. The summed E-state index contributed by atoms with van der Waals surface area (Å²) in [6.45, 7) is 0.783. The molecule has 0 saturated carbocycles. The molecular weight excluding hydrogens is 290 g/mol. The summed E-state index contributed by atoms with van der Waals surface area (Å²) in [6, 6.07) is 9.64. The van der Waals surface area contributed by atoms with E-state index in [1.807, 2.05) is 29.1 Å². The summed E-state index contributed by atoms with van der Waals surface area (Å²) in [4.78, 5) is 11.8. The van der Waals surface area contributed by atoms with Crippen LogP contribution in [0.3, 0.4) is 0 Å². The maximum Gasteiger partial charge on any atom is 0.238 e. The number of aryl methyl sites for hydroxylation is 1. The number of sulfonamides is 1. The summed E-state index contributed by atoms with van der Waals surface area (Å²) in [5, 5.41) is 7.72. The Bertz CT molecular complexity index is 692. The first-order valence-corrected chi connectivity index (χ1v) is 8.03. The minimum Gasteiger partial charge on any atom is -0.354 e. The van der Waals surface area contributed by atoms with Gasteiger partial charge in [-0.25, -0.2) is 13.6 Å². The third-order valence-electron chi connectivity index (χ3n) is 2.95. The number of nitrogens with two attached hydrogens (primary N) is 1. The van der Waals surface area contributed by atoms with E-state index >= 15 is 0 Å². The molecular formula is C14H17N3O3S. The Hall–Kier alpha value is -2.12. The Kier molecular flexibility index (Phi) is 4.77. The number of nitrogens with one attached hydrogen (secondary N) is 1. The zero-order chi connectivity index (χ0) is 15.3. The molecule has 3 N–H and O–H groups in total. The summed E-state index contributed by atoms with van der Waals surface area (Å²) >= 11 is 0. The lowest BCUT2D eigenvalue weighted by molar-refractivity contribution is -0.116. The van der Waals surface area contributed by atoms with Gasteiger partial charge in [0, 0.05) is 31.0 Å². The Morgan fingerprint density at radius 2 is 1.76 bits per heavy atom. The molecule has 0 saturated heterocycles. The van der Waals surface area contributed by atoms with Crippen LogP contribution in [0.1, 0.15) is 12.8 Å². The van der Waals surface area contributed by atoms with Gasteiger partial charge in [0.05, 0.1) is 4.90 Å². The van der Waals surface area contributed by atoms with Gasteiger partial charge in [0.15, 0.2) is 0 Å². The third-order valence-corrected chi connectivity index (χ3v) is 3.88. The lowest BCUT2D eigenvalue weighted by atomic mass is 10.2. The predicted octanol–water partition coefficient (Wildman–Crippen LogP) is 1.55. The molecule has 1 heterocycles. The van der Waals surface area contributed by atoms with Crippen molar-refractivity contribution in [2.75, 3.05) is 5.32 Å². The van der Waals surface area contributed by atoms with Crippen LogP contribution in [-0.4, -0.2) is 18.9 Å². The Balaban J connectivity index is 1.82. The molecule has 1 aromatic heterocycles. The van der Waals surface area contributed by atoms with Crippen LogP contribution in [0.4, 0.5) is 5.69 Å². The molecule has 2 rings (SSSR count). The second-order valence-corrected chi connectivity index (χ2v) is 6.20. The van der Waals surface area contributed by atoms with E-state index in [0.717, 1.165) is 13.0 Å². The van der Waals surface area contributed by atoms with E-state index in [-0.39, 0.29) is 10.8 Å². The summed E-state index contributed by atoms with van der Waals surface area (Å²) in [7, 11) is -3.70. The summed E-state index contributed by atoms with van der Waals surface area (Å²) < 4.78 is 24.2. The van der Waals surface area contributed by atoms with Crippen LogP contribution in [0.5, 0.6) is 0 Å². The Morgan fingerprint density at radius 1 is 1.14 bits per heavy atom. The predicted molar refractivity (Wildman–Crippen MR) is 80.1 cm³/mol. The molecule has 0 bridgehead atoms. The molecule has 21 heavy (non-hydrogen) atoms. The normalized spacial score (nSPS) is 11.3. The smallest absolute Gasteiger partial charge is 0.238 e. The van der Waals surface area contributed by atoms with Crippen molar-refractivity contribution in [3.8, 4) is 0 Å². The quantitative estimate of drug-likeness (QED) is 0.848. The number of anilines is 1. The van der Waals surface area contributed by atoms with Crippen molar-refractivity contribution in [1.29, 1.82) is 0 Å². The van der Waals surface area contributed by atoms with E-state index in [1.54, 1.807) is 0 Å². The lowest BCUT2D eigenvalue weighted by Gasteiger charge is -2.06. The van der Waals surface area contributed by atoms with E-state index in [0.29, 0.717) is 12.1 Å². The molecule has 2 aromatic rings. The fraction of sp³-hybridized carbons (Fsp3) is 0.214. The third kappa shape index (κ3) is 4.73. The zero-order valence-corrected chi connectivity index (χ0v) is 12.2. The zero-order valence-electron chi connectivity index (χ0n) is 11.4. The van der Waals surface area contributed by atoms with Crippen LogP contribution in [0.2, 0.25) is 0 Å². The van der Waals surface area contributed by atoms with E-state index in [4.69, 9.17) is 5.14 Å². The molecule has 1 aromatic carbocycles. The molecule has 0 aliphatic carbocycles. The fourth-order valence-electron chi connectivity index (χ4n) is 1.89. The van der Waals surface area contributed by atoms with Crippen LogP contribution >= 0.6 is 0 Å². The molecule has 0 atom stereocenters. The van der Waals surface area contributed by atoms with Gasteiger partial charge in [0.25, 0.3) is 0 Å². The number of carbonyl (C=O) groups is 1. The number of hydrogen-bond donors (Lipinski definition) is 2. The van der Waals surface area contributed by atoms with Crippen LogP contribution in [0, 0.1) is 0 Å². The highest BCUT2D eigenvalue weighted by molar-refractivity contribution is 7.89. The topological polar surface area (TPSA) is 94.2 Å². The molecule has 0 aliphatic rings. The van der Waals surface area contributed by atoms with E-state index in [1.165, 1.54) is 24.3 Å². The number of aromatic nitrogens is 1. The van der Waals surface area contributed by atoms with Gasteiger partial charge in [-0.2, -0.15) is 0 Å². The minimum absolute atomic E-state index is 0.0214. The van der Waals surface area contributed by atoms with Crippen molar-refractivity contribution in [2.24, 2.45) is 5.14 Å². The van der Waals surface area contributed by atoms with Crippen molar-refractivity contribution in [1.82, 2.24) is 4.57 Å². The van der Waals surface area contributed by atoms with Gasteiger partial charge in [0.2, 0.25) is 15.9 Å². The van der Waals surface area contributed by atoms with E-state index in [9.17, 15) is 13.2 Å². The number of nitrogens with zero attached hydrogens (tertiary/aromatic N) is 1. The van der Waals surface area contributed by atoms with Crippen LogP contribution in [-0.2, 0) is 21.4 Å². The van der Waals surface area contributed by atoms with Crippen molar-refractivity contribution in [3.63, 3.8) is 0 Å². The maximum atomic E-state index is 11.8. The number of carbonyl (C=O) groups excluding carboxylic acids is 1. The standard InChI is InChI=1S/C14H17N3O3S/c15-21(19,20)13-7-5-12(6-8-13)16-14(18)4-3-11-17-9-1-2-10-17/h1-2,5-10H,3-4,11H2,(H,16,18)(H2,15,19,20). The Morgan fingerprint density at radius 3 is 2.33 bits per heavy atom. The molecule has 0 aliphatic heterocycles. The molecule has 0 spiro atoms. The monoisotopic (exact) mass is 307 g/mol. The summed E-state index contributed by atoms with van der Waals surface area (Å²) in [5.41, 5.74) is 0.549. The van der Waals surface area contributed by atoms with Crippen LogP contribution < -0.4 is 10.5 Å². The number of hydrogen-bond acceptors (Lipinski definition) is 3. The molecule has 1 amide bonds. The molecule has 112 valence electrons. The van der Waals surface area contributed by atoms with Gasteiger partial charge in [0.1, 0.15) is 0 Å². The molecule has 0 fully saturated rings. The molecule has 0 unspecified atom stereocenters. The van der Waals surface area contributed by atoms with Gasteiger partial charge in [-0.1, -0.05) is 0 Å². The lowest BCUT2D eigenvalue weighted by Crippen LogP contribution is -2.14. The van der Waals surface area contributed by atoms with Crippen LogP contribution in [0.25, 0.3) is 0 Å². The fourth-order valence-corrected chi connectivity index (χ4v) is 2.41. The average Bonchev–Trinajstić information content (AvgIpc) is 2.91.